The van der Waals surface area contributed by atoms with Crippen LogP contribution in [0.3, 0.4) is 0 Å². The van der Waals surface area contributed by atoms with Crippen molar-refractivity contribution in [2.75, 3.05) is 31.6 Å². The minimum Gasteiger partial charge on any atom is -0.389 e. The summed E-state index contributed by atoms with van der Waals surface area (Å²) in [6.45, 7) is 1.70. The molecule has 102 valence electrons. The van der Waals surface area contributed by atoms with Crippen molar-refractivity contribution in [2.24, 2.45) is 5.73 Å². The first-order valence-corrected chi connectivity index (χ1v) is 6.48. The van der Waals surface area contributed by atoms with Gasteiger partial charge in [-0.05, 0) is 24.6 Å². The lowest BCUT2D eigenvalue weighted by Crippen LogP contribution is -2.35. The van der Waals surface area contributed by atoms with E-state index in [9.17, 15) is 9.18 Å². The van der Waals surface area contributed by atoms with Crippen molar-refractivity contribution >= 4 is 28.8 Å². The Morgan fingerprint density at radius 1 is 1.42 bits per heavy atom. The Morgan fingerprint density at radius 3 is 2.84 bits per heavy atom. The van der Waals surface area contributed by atoms with E-state index in [0.717, 1.165) is 25.2 Å². The van der Waals surface area contributed by atoms with Crippen molar-refractivity contribution in [3.8, 4) is 0 Å². The monoisotopic (exact) mass is 281 g/mol. The highest BCUT2D eigenvalue weighted by Crippen LogP contribution is 2.23. The van der Waals surface area contributed by atoms with Crippen LogP contribution >= 0.6 is 12.2 Å². The van der Waals surface area contributed by atoms with E-state index in [1.807, 2.05) is 4.90 Å². The molecule has 1 aliphatic heterocycles. The fourth-order valence-corrected chi connectivity index (χ4v) is 2.34. The smallest absolute Gasteiger partial charge is 0.241 e. The number of anilines is 1. The zero-order valence-electron chi connectivity index (χ0n) is 10.7. The number of carbonyl (C=O) groups excluding carboxylic acids is 1. The Kier molecular flexibility index (Phi) is 3.99. The first-order valence-electron chi connectivity index (χ1n) is 6.07. The van der Waals surface area contributed by atoms with Crippen LogP contribution in [0.1, 0.15) is 12.0 Å². The molecule has 1 heterocycles. The highest BCUT2D eigenvalue weighted by molar-refractivity contribution is 7.80. The maximum Gasteiger partial charge on any atom is 0.241 e. The molecular weight excluding hydrogens is 265 g/mol. The van der Waals surface area contributed by atoms with Gasteiger partial charge in [0.05, 0.1) is 6.54 Å². The number of carbonyl (C=O) groups is 1. The van der Waals surface area contributed by atoms with E-state index in [4.69, 9.17) is 18.0 Å². The van der Waals surface area contributed by atoms with Crippen LogP contribution in [0.5, 0.6) is 0 Å². The van der Waals surface area contributed by atoms with Crippen molar-refractivity contribution in [3.63, 3.8) is 0 Å². The molecule has 0 bridgehead atoms. The molecule has 0 unspecified atom stereocenters. The zero-order valence-corrected chi connectivity index (χ0v) is 11.5. The van der Waals surface area contributed by atoms with Gasteiger partial charge in [-0.15, -0.1) is 0 Å². The van der Waals surface area contributed by atoms with Crippen LogP contribution in [0.4, 0.5) is 10.1 Å². The van der Waals surface area contributed by atoms with Gasteiger partial charge in [0.2, 0.25) is 5.91 Å². The molecule has 0 aliphatic carbocycles. The number of amides is 1. The van der Waals surface area contributed by atoms with Gasteiger partial charge < -0.3 is 15.5 Å². The number of thiocarbonyl (C=S) groups is 1. The average molecular weight is 281 g/mol. The number of benzene rings is 1. The number of nitrogens with zero attached hydrogens (tertiary/aromatic N) is 2. The van der Waals surface area contributed by atoms with Gasteiger partial charge >= 0.3 is 0 Å². The molecular formula is C13H16FN3OS. The minimum atomic E-state index is -0.384. The molecule has 19 heavy (non-hydrogen) atoms. The molecule has 1 aromatic carbocycles. The maximum absolute atomic E-state index is 13.3. The van der Waals surface area contributed by atoms with Crippen molar-refractivity contribution in [1.29, 1.82) is 0 Å². The summed E-state index contributed by atoms with van der Waals surface area (Å²) >= 11 is 4.95. The SMILES string of the molecule is CN1CCCN(c2ccc(F)cc2C(N)=S)CC1=O. The van der Waals surface area contributed by atoms with Gasteiger partial charge in [0.25, 0.3) is 0 Å². The highest BCUT2D eigenvalue weighted by atomic mass is 32.1. The summed E-state index contributed by atoms with van der Waals surface area (Å²) in [5.74, 6) is -0.347. The Bertz CT molecular complexity index is 521. The number of likely N-dealkylation sites (N-methyl/N-ethyl adjacent to an activating group) is 1. The van der Waals surface area contributed by atoms with E-state index < -0.39 is 0 Å². The fourth-order valence-electron chi connectivity index (χ4n) is 2.17. The van der Waals surface area contributed by atoms with Crippen molar-refractivity contribution in [3.05, 3.63) is 29.6 Å². The van der Waals surface area contributed by atoms with Gasteiger partial charge in [0.15, 0.2) is 0 Å². The molecule has 1 aromatic rings. The van der Waals surface area contributed by atoms with E-state index in [1.54, 1.807) is 18.0 Å². The molecule has 1 aliphatic rings. The summed E-state index contributed by atoms with van der Waals surface area (Å²) in [7, 11) is 1.78. The van der Waals surface area contributed by atoms with Gasteiger partial charge in [-0.1, -0.05) is 12.2 Å². The van der Waals surface area contributed by atoms with E-state index in [2.05, 4.69) is 0 Å². The lowest BCUT2D eigenvalue weighted by atomic mass is 10.1. The molecule has 4 nitrogen and oxygen atoms in total. The largest absolute Gasteiger partial charge is 0.389 e. The standard InChI is InChI=1S/C13H16FN3OS/c1-16-5-2-6-17(8-12(16)18)11-4-3-9(14)7-10(11)13(15)19/h3-4,7H,2,5-6,8H2,1H3,(H2,15,19). The molecule has 2 N–H and O–H groups in total. The quantitative estimate of drug-likeness (QED) is 0.826. The van der Waals surface area contributed by atoms with Gasteiger partial charge in [-0.25, -0.2) is 4.39 Å². The van der Waals surface area contributed by atoms with E-state index >= 15 is 0 Å². The van der Waals surface area contributed by atoms with Gasteiger partial charge in [-0.2, -0.15) is 0 Å². The molecule has 6 heteroatoms. The number of hydrogen-bond acceptors (Lipinski definition) is 3. The molecule has 0 spiro atoms. The first kappa shape index (κ1) is 13.7. The molecule has 0 aromatic heterocycles. The van der Waals surface area contributed by atoms with Gasteiger partial charge in [0.1, 0.15) is 10.8 Å². The second-order valence-electron chi connectivity index (χ2n) is 4.62. The second-order valence-corrected chi connectivity index (χ2v) is 5.06. The molecule has 0 radical (unpaired) electrons. The first-order chi connectivity index (χ1) is 8.99. The summed E-state index contributed by atoms with van der Waals surface area (Å²) in [5.41, 5.74) is 6.83. The van der Waals surface area contributed by atoms with Crippen molar-refractivity contribution in [2.45, 2.75) is 6.42 Å². The Labute approximate surface area is 117 Å². The Morgan fingerprint density at radius 2 is 2.16 bits per heavy atom. The molecule has 2 rings (SSSR count). The minimum absolute atomic E-state index is 0.0377. The third-order valence-corrected chi connectivity index (χ3v) is 3.46. The van der Waals surface area contributed by atoms with Gasteiger partial charge in [0, 0.05) is 31.4 Å². The van der Waals surface area contributed by atoms with E-state index in [-0.39, 0.29) is 23.3 Å². The summed E-state index contributed by atoms with van der Waals surface area (Å²) in [6.07, 6.45) is 0.858. The van der Waals surface area contributed by atoms with Crippen molar-refractivity contribution in [1.82, 2.24) is 4.90 Å². The topological polar surface area (TPSA) is 49.6 Å². The predicted octanol–water partition coefficient (Wildman–Crippen LogP) is 1.13. The third kappa shape index (κ3) is 3.01. The van der Waals surface area contributed by atoms with Crippen LogP contribution in [0, 0.1) is 5.82 Å². The highest BCUT2D eigenvalue weighted by Gasteiger charge is 2.21. The number of hydrogen-bond donors (Lipinski definition) is 1. The van der Waals surface area contributed by atoms with Crippen LogP contribution in [0.2, 0.25) is 0 Å². The normalized spacial score (nSPS) is 16.4. The molecule has 0 saturated carbocycles. The maximum atomic E-state index is 13.3. The lowest BCUT2D eigenvalue weighted by Gasteiger charge is -2.24. The Hall–Kier alpha value is -1.69. The number of nitrogens with two attached hydrogens (primary N) is 1. The lowest BCUT2D eigenvalue weighted by molar-refractivity contribution is -0.127. The van der Waals surface area contributed by atoms with Crippen LogP contribution in [-0.4, -0.2) is 42.5 Å². The zero-order chi connectivity index (χ0) is 14.0. The van der Waals surface area contributed by atoms with Crippen LogP contribution < -0.4 is 10.6 Å². The second kappa shape index (κ2) is 5.52. The van der Waals surface area contributed by atoms with Crippen molar-refractivity contribution < 1.29 is 9.18 Å². The molecule has 0 atom stereocenters. The van der Waals surface area contributed by atoms with Crippen LogP contribution in [-0.2, 0) is 4.79 Å². The van der Waals surface area contributed by atoms with Gasteiger partial charge in [-0.3, -0.25) is 4.79 Å². The summed E-state index contributed by atoms with van der Waals surface area (Å²) in [4.78, 5) is 15.6. The predicted molar refractivity (Wildman–Crippen MR) is 76.8 cm³/mol. The summed E-state index contributed by atoms with van der Waals surface area (Å²) in [5, 5.41) is 0. The van der Waals surface area contributed by atoms with Crippen LogP contribution in [0.25, 0.3) is 0 Å². The molecule has 1 amide bonds. The fraction of sp³-hybridized carbons (Fsp3) is 0.385. The Balaban J connectivity index is 2.35. The third-order valence-electron chi connectivity index (χ3n) is 3.24. The summed E-state index contributed by atoms with van der Waals surface area (Å²) < 4.78 is 13.3. The van der Waals surface area contributed by atoms with Crippen LogP contribution in [0.15, 0.2) is 18.2 Å². The van der Waals surface area contributed by atoms with E-state index in [0.29, 0.717) is 5.56 Å². The van der Waals surface area contributed by atoms with E-state index in [1.165, 1.54) is 12.1 Å². The number of halogens is 1. The summed E-state index contributed by atoms with van der Waals surface area (Å²) in [6, 6.07) is 4.30. The molecule has 1 fully saturated rings. The average Bonchev–Trinajstić information content (AvgIpc) is 2.52. The molecule has 1 saturated heterocycles. The number of rotatable bonds is 2.